The highest BCUT2D eigenvalue weighted by atomic mass is 79.9. The molecule has 17 heavy (non-hydrogen) atoms. The van der Waals surface area contributed by atoms with Gasteiger partial charge in [-0.3, -0.25) is 4.79 Å². The third-order valence-electron chi connectivity index (χ3n) is 2.09. The Labute approximate surface area is 119 Å². The van der Waals surface area contributed by atoms with E-state index in [-0.39, 0.29) is 5.91 Å². The molecule has 5 heteroatoms. The molecule has 0 spiro atoms. The van der Waals surface area contributed by atoms with Crippen LogP contribution in [0.5, 0.6) is 0 Å². The second-order valence-corrected chi connectivity index (χ2v) is 5.85. The van der Waals surface area contributed by atoms with Gasteiger partial charge in [0.1, 0.15) is 0 Å². The third kappa shape index (κ3) is 5.66. The molecule has 0 fully saturated rings. The average Bonchev–Trinajstić information content (AvgIpc) is 2.22. The fraction of sp³-hybridized carbons (Fsp3) is 0.417. The van der Waals surface area contributed by atoms with Gasteiger partial charge in [0.15, 0.2) is 0 Å². The van der Waals surface area contributed by atoms with E-state index < -0.39 is 0 Å². The molecule has 0 saturated carbocycles. The maximum atomic E-state index is 11.8. The normalized spacial score (nSPS) is 10.6. The molecule has 1 rings (SSSR count). The summed E-state index contributed by atoms with van der Waals surface area (Å²) in [5, 5.41) is 6.11. The molecule has 0 aromatic heterocycles. The van der Waals surface area contributed by atoms with Gasteiger partial charge in [-0.15, -0.1) is 0 Å². The van der Waals surface area contributed by atoms with Crippen LogP contribution < -0.4 is 10.6 Å². The molecule has 0 aliphatic carbocycles. The number of nitrogens with one attached hydrogen (secondary N) is 2. The molecule has 0 saturated heterocycles. The molecule has 94 valence electrons. The van der Waals surface area contributed by atoms with Crippen molar-refractivity contribution in [2.45, 2.75) is 19.9 Å². The molecule has 1 aromatic carbocycles. The van der Waals surface area contributed by atoms with E-state index in [1.807, 2.05) is 6.07 Å². The average molecular weight is 364 g/mol. The lowest BCUT2D eigenvalue weighted by molar-refractivity contribution is 0.0953. The van der Waals surface area contributed by atoms with Gasteiger partial charge in [0.2, 0.25) is 0 Å². The number of hydrogen-bond donors (Lipinski definition) is 2. The molecule has 0 aliphatic heterocycles. The molecular weight excluding hydrogens is 348 g/mol. The Bertz CT molecular complexity index is 374. The van der Waals surface area contributed by atoms with Gasteiger partial charge in [-0.25, -0.2) is 0 Å². The van der Waals surface area contributed by atoms with Gasteiger partial charge >= 0.3 is 0 Å². The standard InChI is InChI=1S/C12H16Br2N2O/c1-8(2)15-3-4-16-12(17)9-5-10(13)7-11(14)6-9/h5-8,15H,3-4H2,1-2H3,(H,16,17). The summed E-state index contributed by atoms with van der Waals surface area (Å²) in [5.74, 6) is -0.0578. The van der Waals surface area contributed by atoms with E-state index in [1.165, 1.54) is 0 Å². The van der Waals surface area contributed by atoms with Gasteiger partial charge in [0.25, 0.3) is 5.91 Å². The van der Waals surface area contributed by atoms with Crippen molar-refractivity contribution >= 4 is 37.8 Å². The van der Waals surface area contributed by atoms with Crippen LogP contribution in [0.2, 0.25) is 0 Å². The number of benzene rings is 1. The fourth-order valence-corrected chi connectivity index (χ4v) is 2.62. The lowest BCUT2D eigenvalue weighted by Gasteiger charge is -2.09. The molecular formula is C12H16Br2N2O. The van der Waals surface area contributed by atoms with Gasteiger partial charge in [-0.1, -0.05) is 45.7 Å². The Morgan fingerprint density at radius 3 is 2.29 bits per heavy atom. The Balaban J connectivity index is 2.47. The minimum absolute atomic E-state index is 0.0578. The van der Waals surface area contributed by atoms with E-state index in [4.69, 9.17) is 0 Å². The summed E-state index contributed by atoms with van der Waals surface area (Å²) in [5.41, 5.74) is 0.649. The van der Waals surface area contributed by atoms with Crippen molar-refractivity contribution in [2.24, 2.45) is 0 Å². The third-order valence-corrected chi connectivity index (χ3v) is 3.00. The summed E-state index contributed by atoms with van der Waals surface area (Å²) in [4.78, 5) is 11.8. The fourth-order valence-electron chi connectivity index (χ4n) is 1.32. The lowest BCUT2D eigenvalue weighted by atomic mass is 10.2. The summed E-state index contributed by atoms with van der Waals surface area (Å²) in [7, 11) is 0. The molecule has 0 radical (unpaired) electrons. The van der Waals surface area contributed by atoms with Crippen molar-refractivity contribution in [3.8, 4) is 0 Å². The van der Waals surface area contributed by atoms with Crippen molar-refractivity contribution in [3.63, 3.8) is 0 Å². The monoisotopic (exact) mass is 362 g/mol. The predicted molar refractivity (Wildman–Crippen MR) is 77.3 cm³/mol. The van der Waals surface area contributed by atoms with Gasteiger partial charge in [-0.05, 0) is 18.2 Å². The van der Waals surface area contributed by atoms with Crippen molar-refractivity contribution in [2.75, 3.05) is 13.1 Å². The molecule has 1 amide bonds. The predicted octanol–water partition coefficient (Wildman–Crippen LogP) is 2.94. The molecule has 2 N–H and O–H groups in total. The molecule has 3 nitrogen and oxygen atoms in total. The smallest absolute Gasteiger partial charge is 0.251 e. The lowest BCUT2D eigenvalue weighted by Crippen LogP contribution is -2.34. The van der Waals surface area contributed by atoms with Gasteiger partial charge in [0, 0.05) is 33.6 Å². The first-order chi connectivity index (χ1) is 7.99. The second kappa shape index (κ2) is 7.13. The molecule has 0 bridgehead atoms. The number of rotatable bonds is 5. The van der Waals surface area contributed by atoms with E-state index >= 15 is 0 Å². The molecule has 0 unspecified atom stereocenters. The number of carbonyl (C=O) groups is 1. The van der Waals surface area contributed by atoms with Crippen LogP contribution in [0.15, 0.2) is 27.1 Å². The quantitative estimate of drug-likeness (QED) is 0.789. The van der Waals surface area contributed by atoms with Crippen LogP contribution >= 0.6 is 31.9 Å². The molecule has 0 aliphatic rings. The number of halogens is 2. The summed E-state index contributed by atoms with van der Waals surface area (Å²) in [6, 6.07) is 5.94. The summed E-state index contributed by atoms with van der Waals surface area (Å²) in [6.07, 6.45) is 0. The van der Waals surface area contributed by atoms with Gasteiger partial charge < -0.3 is 10.6 Å². The second-order valence-electron chi connectivity index (χ2n) is 4.02. The summed E-state index contributed by atoms with van der Waals surface area (Å²) in [6.45, 7) is 5.56. The van der Waals surface area contributed by atoms with E-state index in [0.717, 1.165) is 15.5 Å². The first-order valence-electron chi connectivity index (χ1n) is 5.46. The zero-order valence-corrected chi connectivity index (χ0v) is 13.1. The highest BCUT2D eigenvalue weighted by molar-refractivity contribution is 9.11. The topological polar surface area (TPSA) is 41.1 Å². The minimum Gasteiger partial charge on any atom is -0.351 e. The van der Waals surface area contributed by atoms with Crippen molar-refractivity contribution in [1.82, 2.24) is 10.6 Å². The first-order valence-corrected chi connectivity index (χ1v) is 7.05. The van der Waals surface area contributed by atoms with Crippen LogP contribution in [0.1, 0.15) is 24.2 Å². The molecule has 0 heterocycles. The number of hydrogen-bond acceptors (Lipinski definition) is 2. The Hall–Kier alpha value is -0.390. The first kappa shape index (κ1) is 14.7. The highest BCUT2D eigenvalue weighted by Crippen LogP contribution is 2.19. The van der Waals surface area contributed by atoms with Crippen LogP contribution in [0.3, 0.4) is 0 Å². The number of amides is 1. The van der Waals surface area contributed by atoms with Crippen molar-refractivity contribution < 1.29 is 4.79 Å². The Kier molecular flexibility index (Phi) is 6.16. The van der Waals surface area contributed by atoms with Gasteiger partial charge in [-0.2, -0.15) is 0 Å². The SMILES string of the molecule is CC(C)NCCNC(=O)c1cc(Br)cc(Br)c1. The highest BCUT2D eigenvalue weighted by Gasteiger charge is 2.06. The van der Waals surface area contributed by atoms with Crippen LogP contribution in [-0.4, -0.2) is 25.0 Å². The Morgan fingerprint density at radius 2 is 1.76 bits per heavy atom. The minimum atomic E-state index is -0.0578. The largest absolute Gasteiger partial charge is 0.351 e. The zero-order valence-electron chi connectivity index (χ0n) is 9.89. The Morgan fingerprint density at radius 1 is 1.18 bits per heavy atom. The van der Waals surface area contributed by atoms with E-state index in [0.29, 0.717) is 18.2 Å². The summed E-state index contributed by atoms with van der Waals surface area (Å²) < 4.78 is 1.77. The van der Waals surface area contributed by atoms with Crippen molar-refractivity contribution in [3.05, 3.63) is 32.7 Å². The van der Waals surface area contributed by atoms with Crippen LogP contribution in [0.25, 0.3) is 0 Å². The van der Waals surface area contributed by atoms with Gasteiger partial charge in [0.05, 0.1) is 0 Å². The van der Waals surface area contributed by atoms with E-state index in [9.17, 15) is 4.79 Å². The van der Waals surface area contributed by atoms with E-state index in [1.54, 1.807) is 12.1 Å². The van der Waals surface area contributed by atoms with Crippen LogP contribution in [0, 0.1) is 0 Å². The van der Waals surface area contributed by atoms with Crippen molar-refractivity contribution in [1.29, 1.82) is 0 Å². The summed E-state index contributed by atoms with van der Waals surface area (Å²) >= 11 is 6.72. The number of carbonyl (C=O) groups excluding carboxylic acids is 1. The zero-order chi connectivity index (χ0) is 12.8. The maximum absolute atomic E-state index is 11.8. The van der Waals surface area contributed by atoms with Crippen LogP contribution in [-0.2, 0) is 0 Å². The van der Waals surface area contributed by atoms with Crippen LogP contribution in [0.4, 0.5) is 0 Å². The molecule has 0 atom stereocenters. The maximum Gasteiger partial charge on any atom is 0.251 e. The molecule has 1 aromatic rings. The van der Waals surface area contributed by atoms with E-state index in [2.05, 4.69) is 56.3 Å².